The number of unbranched alkanes of at least 4 members (excludes halogenated alkanes) is 23. The molecular formula is C50H93NO10. The third kappa shape index (κ3) is 29.4. The van der Waals surface area contributed by atoms with E-state index in [4.69, 9.17) is 9.47 Å². The van der Waals surface area contributed by atoms with Crippen LogP contribution in [0.2, 0.25) is 0 Å². The highest BCUT2D eigenvalue weighted by atomic mass is 16.7. The molecule has 1 heterocycles. The van der Waals surface area contributed by atoms with E-state index in [9.17, 15) is 40.5 Å². The normalized spacial score (nSPS) is 21.8. The van der Waals surface area contributed by atoms with Gasteiger partial charge in [0.1, 0.15) is 36.6 Å². The third-order valence-corrected chi connectivity index (χ3v) is 11.9. The van der Waals surface area contributed by atoms with E-state index in [1.165, 1.54) is 116 Å². The van der Waals surface area contributed by atoms with Crippen LogP contribution < -0.4 is 5.32 Å². The standard InChI is InChI=1S/C50H93NO10/c1-3-5-7-9-11-13-15-17-19-21-23-25-27-29-31-33-35-37-42(53)45(55)41(40-60-50-48(58)47(57)46(56)44(39-52)61-50)51-49(59)43(54)38-36-34-32-30-28-26-24-22-20-18-16-14-12-10-8-6-4-2/h13,15,21,23,29,31,41-48,50,52-58H,3-12,14,16-20,22,24-28,30,32-40H2,1-2H3,(H,51,59)/b15-13+,23-21+,31-29+. The van der Waals surface area contributed by atoms with Gasteiger partial charge in [-0.25, -0.2) is 0 Å². The van der Waals surface area contributed by atoms with Gasteiger partial charge in [0, 0.05) is 0 Å². The maximum absolute atomic E-state index is 13.1. The minimum atomic E-state index is -1.67. The van der Waals surface area contributed by atoms with E-state index in [0.29, 0.717) is 19.3 Å². The fourth-order valence-corrected chi connectivity index (χ4v) is 7.77. The van der Waals surface area contributed by atoms with E-state index in [2.05, 4.69) is 55.6 Å². The second kappa shape index (κ2) is 39.9. The summed E-state index contributed by atoms with van der Waals surface area (Å²) in [5.74, 6) is -0.712. The van der Waals surface area contributed by atoms with Crippen molar-refractivity contribution in [1.29, 1.82) is 0 Å². The number of carbonyl (C=O) groups is 1. The molecule has 0 aromatic carbocycles. The van der Waals surface area contributed by atoms with Crippen molar-refractivity contribution in [3.8, 4) is 0 Å². The first-order valence-electron chi connectivity index (χ1n) is 24.9. The van der Waals surface area contributed by atoms with Gasteiger partial charge in [-0.05, 0) is 64.2 Å². The molecule has 358 valence electrons. The number of aliphatic hydroxyl groups excluding tert-OH is 7. The molecule has 1 saturated heterocycles. The Balaban J connectivity index is 2.45. The number of carbonyl (C=O) groups excluding carboxylic acids is 1. The van der Waals surface area contributed by atoms with Gasteiger partial charge < -0.3 is 50.5 Å². The van der Waals surface area contributed by atoms with Crippen LogP contribution in [0.3, 0.4) is 0 Å². The Morgan fingerprint density at radius 3 is 1.46 bits per heavy atom. The largest absolute Gasteiger partial charge is 0.394 e. The first-order chi connectivity index (χ1) is 29.7. The number of hydrogen-bond acceptors (Lipinski definition) is 10. The lowest BCUT2D eigenvalue weighted by Gasteiger charge is -2.40. The zero-order chi connectivity index (χ0) is 44.8. The highest BCUT2D eigenvalue weighted by molar-refractivity contribution is 5.80. The number of aliphatic hydroxyl groups is 7. The summed E-state index contributed by atoms with van der Waals surface area (Å²) in [6.45, 7) is 3.41. The number of hydrogen-bond donors (Lipinski definition) is 8. The molecule has 61 heavy (non-hydrogen) atoms. The molecule has 1 amide bonds. The summed E-state index contributed by atoms with van der Waals surface area (Å²) in [6, 6.07) is -1.19. The molecule has 11 heteroatoms. The van der Waals surface area contributed by atoms with Crippen LogP contribution in [-0.2, 0) is 14.3 Å². The summed E-state index contributed by atoms with van der Waals surface area (Å²) < 4.78 is 11.1. The Kier molecular flexibility index (Phi) is 37.5. The number of rotatable bonds is 41. The summed E-state index contributed by atoms with van der Waals surface area (Å²) in [7, 11) is 0. The van der Waals surface area contributed by atoms with Crippen LogP contribution in [0.4, 0.5) is 0 Å². The molecule has 9 unspecified atom stereocenters. The highest BCUT2D eigenvalue weighted by Gasteiger charge is 2.44. The lowest BCUT2D eigenvalue weighted by molar-refractivity contribution is -0.303. The van der Waals surface area contributed by atoms with E-state index in [0.717, 1.165) is 44.9 Å². The van der Waals surface area contributed by atoms with E-state index in [-0.39, 0.29) is 12.8 Å². The van der Waals surface area contributed by atoms with Gasteiger partial charge in [-0.3, -0.25) is 4.79 Å². The molecule has 0 aromatic heterocycles. The van der Waals surface area contributed by atoms with E-state index in [1.54, 1.807) is 0 Å². The topological polar surface area (TPSA) is 189 Å². The Labute approximate surface area is 371 Å². The molecule has 0 radical (unpaired) electrons. The first kappa shape index (κ1) is 57.3. The monoisotopic (exact) mass is 868 g/mol. The van der Waals surface area contributed by atoms with Crippen LogP contribution in [0.1, 0.15) is 206 Å². The molecule has 0 saturated carbocycles. The molecule has 11 nitrogen and oxygen atoms in total. The fourth-order valence-electron chi connectivity index (χ4n) is 7.77. The predicted octanol–water partition coefficient (Wildman–Crippen LogP) is 8.78. The summed E-state index contributed by atoms with van der Waals surface area (Å²) in [6.07, 6.45) is 34.7. The van der Waals surface area contributed by atoms with Gasteiger partial charge >= 0.3 is 0 Å². The molecule has 0 aliphatic carbocycles. The van der Waals surface area contributed by atoms with Gasteiger partial charge in [0.05, 0.1) is 25.4 Å². The highest BCUT2D eigenvalue weighted by Crippen LogP contribution is 2.23. The van der Waals surface area contributed by atoms with Crippen molar-refractivity contribution >= 4 is 5.91 Å². The van der Waals surface area contributed by atoms with Gasteiger partial charge in [0.25, 0.3) is 0 Å². The number of amides is 1. The average molecular weight is 868 g/mol. The Morgan fingerprint density at radius 1 is 0.557 bits per heavy atom. The van der Waals surface area contributed by atoms with Crippen molar-refractivity contribution in [1.82, 2.24) is 5.32 Å². The van der Waals surface area contributed by atoms with Crippen LogP contribution in [0.25, 0.3) is 0 Å². The van der Waals surface area contributed by atoms with Crippen LogP contribution in [0.15, 0.2) is 36.5 Å². The third-order valence-electron chi connectivity index (χ3n) is 11.9. The van der Waals surface area contributed by atoms with Gasteiger partial charge in [0.15, 0.2) is 6.29 Å². The average Bonchev–Trinajstić information content (AvgIpc) is 3.26. The van der Waals surface area contributed by atoms with Crippen molar-refractivity contribution in [3.63, 3.8) is 0 Å². The summed E-state index contributed by atoms with van der Waals surface area (Å²) >= 11 is 0. The lowest BCUT2D eigenvalue weighted by atomic mass is 9.98. The van der Waals surface area contributed by atoms with Crippen LogP contribution in [0.5, 0.6) is 0 Å². The molecule has 1 aliphatic heterocycles. The maximum Gasteiger partial charge on any atom is 0.249 e. The van der Waals surface area contributed by atoms with Gasteiger partial charge in [-0.2, -0.15) is 0 Å². The summed E-state index contributed by atoms with van der Waals surface area (Å²) in [4.78, 5) is 13.1. The van der Waals surface area contributed by atoms with E-state index >= 15 is 0 Å². The van der Waals surface area contributed by atoms with Crippen LogP contribution in [0, 0.1) is 0 Å². The van der Waals surface area contributed by atoms with Gasteiger partial charge in [-0.15, -0.1) is 0 Å². The number of ether oxygens (including phenoxy) is 2. The molecule has 8 N–H and O–H groups in total. The maximum atomic E-state index is 13.1. The minimum absolute atomic E-state index is 0.242. The molecule has 0 aromatic rings. The molecule has 9 atom stereocenters. The zero-order valence-electron chi connectivity index (χ0n) is 38.6. The lowest BCUT2D eigenvalue weighted by Crippen LogP contribution is -2.60. The number of allylic oxidation sites excluding steroid dienone is 6. The zero-order valence-corrected chi connectivity index (χ0v) is 38.6. The van der Waals surface area contributed by atoms with Gasteiger partial charge in [-0.1, -0.05) is 179 Å². The van der Waals surface area contributed by atoms with Crippen LogP contribution >= 0.6 is 0 Å². The molecule has 1 rings (SSSR count). The molecule has 0 bridgehead atoms. The van der Waals surface area contributed by atoms with Crippen molar-refractivity contribution in [2.45, 2.75) is 262 Å². The quantitative estimate of drug-likeness (QED) is 0.0218. The minimum Gasteiger partial charge on any atom is -0.394 e. The Hall–Kier alpha value is -1.67. The first-order valence-corrected chi connectivity index (χ1v) is 24.9. The Morgan fingerprint density at radius 2 is 0.984 bits per heavy atom. The van der Waals surface area contributed by atoms with Crippen molar-refractivity contribution in [2.75, 3.05) is 13.2 Å². The second-order valence-electron chi connectivity index (χ2n) is 17.5. The van der Waals surface area contributed by atoms with E-state index < -0.39 is 74.2 Å². The SMILES string of the molecule is CCCCCC/C=C/CC/C=C/CC/C=C/CCCC(O)C(O)C(COC1OC(CO)C(O)C(O)C1O)NC(=O)C(O)CCCCCCCCCCCCCCCCCCC. The predicted molar refractivity (Wildman–Crippen MR) is 247 cm³/mol. The smallest absolute Gasteiger partial charge is 0.249 e. The molecule has 0 spiro atoms. The Bertz CT molecular complexity index is 1090. The van der Waals surface area contributed by atoms with Crippen molar-refractivity contribution < 1.29 is 50.0 Å². The molecular weight excluding hydrogens is 775 g/mol. The van der Waals surface area contributed by atoms with Crippen molar-refractivity contribution in [2.24, 2.45) is 0 Å². The summed E-state index contributed by atoms with van der Waals surface area (Å²) in [5.41, 5.74) is 0. The van der Waals surface area contributed by atoms with Crippen LogP contribution in [-0.4, -0.2) is 110 Å². The summed E-state index contributed by atoms with van der Waals surface area (Å²) in [5, 5.41) is 75.8. The van der Waals surface area contributed by atoms with E-state index in [1.807, 2.05) is 0 Å². The second-order valence-corrected chi connectivity index (χ2v) is 17.5. The van der Waals surface area contributed by atoms with Gasteiger partial charge in [0.2, 0.25) is 5.91 Å². The number of nitrogens with one attached hydrogen (secondary N) is 1. The van der Waals surface area contributed by atoms with Crippen molar-refractivity contribution in [3.05, 3.63) is 36.5 Å². The molecule has 1 aliphatic rings. The molecule has 1 fully saturated rings. The fraction of sp³-hybridized carbons (Fsp3) is 0.860.